The van der Waals surface area contributed by atoms with Gasteiger partial charge in [-0.3, -0.25) is 10.1 Å². The smallest absolute Gasteiger partial charge is 0.202 e. The van der Waals surface area contributed by atoms with Crippen LogP contribution in [0.4, 0.5) is 0 Å². The molecule has 5 heteroatoms. The molecule has 0 aliphatic heterocycles. The summed E-state index contributed by atoms with van der Waals surface area (Å²) in [5, 5.41) is 7.05. The molecule has 0 radical (unpaired) electrons. The number of nitrogens with one attached hydrogen (secondary N) is 1. The van der Waals surface area contributed by atoms with E-state index in [0.29, 0.717) is 5.69 Å². The van der Waals surface area contributed by atoms with Gasteiger partial charge < -0.3 is 9.47 Å². The molecule has 0 fully saturated rings. The third-order valence-electron chi connectivity index (χ3n) is 2.24. The first-order valence-electron chi connectivity index (χ1n) is 4.86. The van der Waals surface area contributed by atoms with Crippen LogP contribution in [-0.2, 0) is 9.47 Å². The van der Waals surface area contributed by atoms with Crippen molar-refractivity contribution in [1.29, 1.82) is 0 Å². The third kappa shape index (κ3) is 2.10. The highest BCUT2D eigenvalue weighted by Gasteiger charge is 2.13. The minimum Gasteiger partial charge on any atom is -0.350 e. The highest BCUT2D eigenvalue weighted by atomic mass is 16.7. The standard InChI is InChI=1S/C11H13N3O2/c1-15-11(16-2)10-6-9(13-14-10)8-4-3-5-12-7-8/h3-7,11H,1-2H3,(H,13,14). The van der Waals surface area contributed by atoms with E-state index in [9.17, 15) is 0 Å². The van der Waals surface area contributed by atoms with Crippen LogP contribution in [-0.4, -0.2) is 29.4 Å². The number of rotatable bonds is 4. The summed E-state index contributed by atoms with van der Waals surface area (Å²) in [7, 11) is 3.15. The van der Waals surface area contributed by atoms with Crippen LogP contribution in [0.25, 0.3) is 11.3 Å². The molecule has 0 unspecified atom stereocenters. The molecular formula is C11H13N3O2. The number of pyridine rings is 1. The summed E-state index contributed by atoms with van der Waals surface area (Å²) in [4.78, 5) is 4.05. The normalized spacial score (nSPS) is 10.9. The van der Waals surface area contributed by atoms with Crippen molar-refractivity contribution in [3.05, 3.63) is 36.3 Å². The summed E-state index contributed by atoms with van der Waals surface area (Å²) in [5.41, 5.74) is 2.58. The van der Waals surface area contributed by atoms with Crippen molar-refractivity contribution in [3.8, 4) is 11.3 Å². The fraction of sp³-hybridized carbons (Fsp3) is 0.273. The molecule has 2 heterocycles. The minimum absolute atomic E-state index is 0.443. The SMILES string of the molecule is COC(OC)c1cc(-c2cccnc2)[nH]n1. The molecule has 16 heavy (non-hydrogen) atoms. The lowest BCUT2D eigenvalue weighted by molar-refractivity contribution is -0.108. The number of methoxy groups -OCH3 is 2. The Balaban J connectivity index is 2.26. The van der Waals surface area contributed by atoms with Crippen molar-refractivity contribution in [2.75, 3.05) is 14.2 Å². The van der Waals surface area contributed by atoms with E-state index in [1.54, 1.807) is 26.6 Å². The lowest BCUT2D eigenvalue weighted by atomic mass is 10.2. The zero-order chi connectivity index (χ0) is 11.4. The second-order valence-corrected chi connectivity index (χ2v) is 3.25. The van der Waals surface area contributed by atoms with Crippen LogP contribution >= 0.6 is 0 Å². The van der Waals surface area contributed by atoms with Gasteiger partial charge in [-0.25, -0.2) is 0 Å². The van der Waals surface area contributed by atoms with Gasteiger partial charge in [0.15, 0.2) is 0 Å². The predicted molar refractivity (Wildman–Crippen MR) is 58.6 cm³/mol. The van der Waals surface area contributed by atoms with E-state index in [-0.39, 0.29) is 0 Å². The van der Waals surface area contributed by atoms with Crippen molar-refractivity contribution in [3.63, 3.8) is 0 Å². The Morgan fingerprint density at radius 2 is 2.12 bits per heavy atom. The van der Waals surface area contributed by atoms with E-state index in [1.165, 1.54) is 0 Å². The van der Waals surface area contributed by atoms with Crippen molar-refractivity contribution < 1.29 is 9.47 Å². The van der Waals surface area contributed by atoms with Gasteiger partial charge in [0.05, 0.1) is 5.69 Å². The average Bonchev–Trinajstić information content (AvgIpc) is 2.81. The first-order chi connectivity index (χ1) is 7.85. The Kier molecular flexibility index (Phi) is 3.28. The fourth-order valence-corrected chi connectivity index (χ4v) is 1.47. The number of ether oxygens (including phenoxy) is 2. The van der Waals surface area contributed by atoms with Crippen LogP contribution in [0, 0.1) is 0 Å². The summed E-state index contributed by atoms with van der Waals surface area (Å²) in [6.07, 6.45) is 3.06. The molecule has 0 saturated heterocycles. The molecule has 0 aromatic carbocycles. The van der Waals surface area contributed by atoms with Crippen LogP contribution in [0.3, 0.4) is 0 Å². The Morgan fingerprint density at radius 3 is 2.75 bits per heavy atom. The number of aromatic amines is 1. The third-order valence-corrected chi connectivity index (χ3v) is 2.24. The van der Waals surface area contributed by atoms with Crippen LogP contribution in [0.1, 0.15) is 12.0 Å². The van der Waals surface area contributed by atoms with Crippen LogP contribution in [0.15, 0.2) is 30.6 Å². The molecule has 0 aliphatic rings. The number of hydrogen-bond acceptors (Lipinski definition) is 4. The minimum atomic E-state index is -0.443. The van der Waals surface area contributed by atoms with Gasteiger partial charge in [-0.2, -0.15) is 5.10 Å². The monoisotopic (exact) mass is 219 g/mol. The average molecular weight is 219 g/mol. The molecule has 84 valence electrons. The van der Waals surface area contributed by atoms with Gasteiger partial charge in [-0.15, -0.1) is 0 Å². The van der Waals surface area contributed by atoms with Gasteiger partial charge in [0.2, 0.25) is 6.29 Å². The largest absolute Gasteiger partial charge is 0.350 e. The highest BCUT2D eigenvalue weighted by Crippen LogP contribution is 2.21. The summed E-state index contributed by atoms with van der Waals surface area (Å²) < 4.78 is 10.2. The number of aromatic nitrogens is 3. The lowest BCUT2D eigenvalue weighted by Crippen LogP contribution is -2.03. The van der Waals surface area contributed by atoms with Crippen LogP contribution in [0.5, 0.6) is 0 Å². The Hall–Kier alpha value is -1.72. The van der Waals surface area contributed by atoms with E-state index >= 15 is 0 Å². The summed E-state index contributed by atoms with van der Waals surface area (Å²) in [5.74, 6) is 0. The maximum Gasteiger partial charge on any atom is 0.202 e. The maximum absolute atomic E-state index is 5.11. The van der Waals surface area contributed by atoms with E-state index in [4.69, 9.17) is 9.47 Å². The van der Waals surface area contributed by atoms with E-state index < -0.39 is 6.29 Å². The van der Waals surface area contributed by atoms with Gasteiger partial charge in [-0.1, -0.05) is 0 Å². The highest BCUT2D eigenvalue weighted by molar-refractivity contribution is 5.57. The molecule has 2 aromatic rings. The predicted octanol–water partition coefficient (Wildman–Crippen LogP) is 1.76. The van der Waals surface area contributed by atoms with Gasteiger partial charge in [0.25, 0.3) is 0 Å². The molecule has 0 bridgehead atoms. The van der Waals surface area contributed by atoms with Crippen LogP contribution in [0.2, 0.25) is 0 Å². The summed E-state index contributed by atoms with van der Waals surface area (Å²) in [6, 6.07) is 5.72. The Bertz CT molecular complexity index is 438. The van der Waals surface area contributed by atoms with Crippen LogP contribution < -0.4 is 0 Å². The topological polar surface area (TPSA) is 60.0 Å². The molecule has 0 amide bonds. The van der Waals surface area contributed by atoms with Gasteiger partial charge in [0, 0.05) is 32.2 Å². The molecule has 0 atom stereocenters. The van der Waals surface area contributed by atoms with Gasteiger partial charge in [0.1, 0.15) is 5.69 Å². The number of hydrogen-bond donors (Lipinski definition) is 1. The molecule has 0 saturated carbocycles. The number of H-pyrrole nitrogens is 1. The molecule has 0 aliphatic carbocycles. The zero-order valence-electron chi connectivity index (χ0n) is 9.18. The van der Waals surface area contributed by atoms with E-state index in [2.05, 4.69) is 15.2 Å². The molecule has 1 N–H and O–H groups in total. The van der Waals surface area contributed by atoms with Crippen molar-refractivity contribution in [1.82, 2.24) is 15.2 Å². The first-order valence-corrected chi connectivity index (χ1v) is 4.86. The first kappa shape index (κ1) is 10.8. The zero-order valence-corrected chi connectivity index (χ0v) is 9.18. The lowest BCUT2D eigenvalue weighted by Gasteiger charge is -2.08. The second-order valence-electron chi connectivity index (χ2n) is 3.25. The molecule has 2 aromatic heterocycles. The van der Waals surface area contributed by atoms with Gasteiger partial charge >= 0.3 is 0 Å². The van der Waals surface area contributed by atoms with E-state index in [1.807, 2.05) is 18.2 Å². The summed E-state index contributed by atoms with van der Waals surface area (Å²) >= 11 is 0. The molecule has 5 nitrogen and oxygen atoms in total. The molecule has 2 rings (SSSR count). The second kappa shape index (κ2) is 4.87. The van der Waals surface area contributed by atoms with Crippen molar-refractivity contribution in [2.45, 2.75) is 6.29 Å². The Labute approximate surface area is 93.4 Å². The van der Waals surface area contributed by atoms with E-state index in [0.717, 1.165) is 11.3 Å². The Morgan fingerprint density at radius 1 is 1.31 bits per heavy atom. The summed E-state index contributed by atoms with van der Waals surface area (Å²) in [6.45, 7) is 0. The maximum atomic E-state index is 5.11. The molecule has 0 spiro atoms. The fourth-order valence-electron chi connectivity index (χ4n) is 1.47. The number of nitrogens with zero attached hydrogens (tertiary/aromatic N) is 2. The molecular weight excluding hydrogens is 206 g/mol. The van der Waals surface area contributed by atoms with Crippen molar-refractivity contribution >= 4 is 0 Å². The quantitative estimate of drug-likeness (QED) is 0.796. The van der Waals surface area contributed by atoms with Crippen molar-refractivity contribution in [2.24, 2.45) is 0 Å². The van der Waals surface area contributed by atoms with Gasteiger partial charge in [-0.05, 0) is 18.2 Å².